The number of rotatable bonds is 5. The third-order valence-corrected chi connectivity index (χ3v) is 3.44. The van der Waals surface area contributed by atoms with Crippen LogP contribution in [0.25, 0.3) is 10.8 Å². The molecule has 0 aliphatic carbocycles. The van der Waals surface area contributed by atoms with E-state index < -0.39 is 0 Å². The molecule has 0 fully saturated rings. The average Bonchev–Trinajstić information content (AvgIpc) is 2.59. The standard InChI is InChI=1S/C18H16N4/c19-10-16(12-21-15-7-2-1-3-8-15)22-18-13-20-11-14-6-4-5-9-17(14)18/h1-9,11,13,16,21-22H,12H2. The molecule has 1 aromatic heterocycles. The molecular formula is C18H16N4. The summed E-state index contributed by atoms with van der Waals surface area (Å²) in [5.74, 6) is 0. The van der Waals surface area contributed by atoms with E-state index in [0.717, 1.165) is 22.1 Å². The number of fused-ring (bicyclic) bond motifs is 1. The normalized spacial score (nSPS) is 11.6. The molecule has 1 atom stereocenters. The van der Waals surface area contributed by atoms with Crippen molar-refractivity contribution in [2.45, 2.75) is 6.04 Å². The van der Waals surface area contributed by atoms with Crippen LogP contribution in [0.4, 0.5) is 11.4 Å². The van der Waals surface area contributed by atoms with Gasteiger partial charge in [-0.25, -0.2) is 0 Å². The second-order valence-electron chi connectivity index (χ2n) is 4.98. The van der Waals surface area contributed by atoms with E-state index in [-0.39, 0.29) is 6.04 Å². The van der Waals surface area contributed by atoms with Crippen LogP contribution >= 0.6 is 0 Å². The number of nitrogens with one attached hydrogen (secondary N) is 2. The quantitative estimate of drug-likeness (QED) is 0.752. The second kappa shape index (κ2) is 6.59. The van der Waals surface area contributed by atoms with Crippen molar-refractivity contribution in [3.63, 3.8) is 0 Å². The highest BCUT2D eigenvalue weighted by atomic mass is 15.0. The van der Waals surface area contributed by atoms with Crippen LogP contribution in [-0.2, 0) is 0 Å². The first kappa shape index (κ1) is 13.9. The molecule has 2 N–H and O–H groups in total. The summed E-state index contributed by atoms with van der Waals surface area (Å²) in [6.07, 6.45) is 3.58. The lowest BCUT2D eigenvalue weighted by Gasteiger charge is -2.15. The predicted molar refractivity (Wildman–Crippen MR) is 89.7 cm³/mol. The molecule has 108 valence electrons. The molecule has 3 rings (SSSR count). The zero-order valence-electron chi connectivity index (χ0n) is 12.0. The fourth-order valence-electron chi connectivity index (χ4n) is 2.32. The van der Waals surface area contributed by atoms with Crippen molar-refractivity contribution in [3.8, 4) is 6.07 Å². The van der Waals surface area contributed by atoms with Crippen molar-refractivity contribution in [1.29, 1.82) is 5.26 Å². The van der Waals surface area contributed by atoms with Crippen LogP contribution in [-0.4, -0.2) is 17.6 Å². The van der Waals surface area contributed by atoms with E-state index in [1.165, 1.54) is 0 Å². The summed E-state index contributed by atoms with van der Waals surface area (Å²) >= 11 is 0. The van der Waals surface area contributed by atoms with Gasteiger partial charge in [-0.2, -0.15) is 5.26 Å². The number of benzene rings is 2. The van der Waals surface area contributed by atoms with Crippen molar-refractivity contribution in [2.75, 3.05) is 17.2 Å². The fraction of sp³-hybridized carbons (Fsp3) is 0.111. The van der Waals surface area contributed by atoms with E-state index in [4.69, 9.17) is 0 Å². The van der Waals surface area contributed by atoms with Gasteiger partial charge in [-0.1, -0.05) is 42.5 Å². The van der Waals surface area contributed by atoms with Gasteiger partial charge in [-0.3, -0.25) is 4.98 Å². The number of nitriles is 1. The number of hydrogen-bond acceptors (Lipinski definition) is 4. The Hall–Kier alpha value is -3.06. The van der Waals surface area contributed by atoms with Gasteiger partial charge >= 0.3 is 0 Å². The minimum atomic E-state index is -0.340. The van der Waals surface area contributed by atoms with Crippen LogP contribution in [0.15, 0.2) is 67.0 Å². The smallest absolute Gasteiger partial charge is 0.132 e. The molecule has 0 aliphatic heterocycles. The molecule has 0 spiro atoms. The van der Waals surface area contributed by atoms with Gasteiger partial charge in [-0.05, 0) is 12.1 Å². The summed E-state index contributed by atoms with van der Waals surface area (Å²) in [7, 11) is 0. The summed E-state index contributed by atoms with van der Waals surface area (Å²) < 4.78 is 0. The van der Waals surface area contributed by atoms with Gasteiger partial charge in [0.1, 0.15) is 6.04 Å². The number of para-hydroxylation sites is 1. The van der Waals surface area contributed by atoms with Crippen LogP contribution in [0.3, 0.4) is 0 Å². The third-order valence-electron chi connectivity index (χ3n) is 3.44. The summed E-state index contributed by atoms with van der Waals surface area (Å²) in [5, 5.41) is 18.0. The molecule has 4 nitrogen and oxygen atoms in total. The van der Waals surface area contributed by atoms with Crippen molar-refractivity contribution >= 4 is 22.1 Å². The Morgan fingerprint density at radius 2 is 1.77 bits per heavy atom. The van der Waals surface area contributed by atoms with E-state index in [0.29, 0.717) is 6.54 Å². The van der Waals surface area contributed by atoms with Crippen LogP contribution in [0, 0.1) is 11.3 Å². The molecule has 3 aromatic rings. The summed E-state index contributed by atoms with van der Waals surface area (Å²) in [6, 6.07) is 19.8. The zero-order chi connectivity index (χ0) is 15.2. The SMILES string of the molecule is N#CC(CNc1ccccc1)Nc1cncc2ccccc12. The molecule has 2 aromatic carbocycles. The maximum atomic E-state index is 9.36. The first-order chi connectivity index (χ1) is 10.9. The average molecular weight is 288 g/mol. The van der Waals surface area contributed by atoms with E-state index >= 15 is 0 Å². The third kappa shape index (κ3) is 3.15. The van der Waals surface area contributed by atoms with Crippen molar-refractivity contribution < 1.29 is 0 Å². The van der Waals surface area contributed by atoms with E-state index in [1.807, 2.05) is 60.8 Å². The van der Waals surface area contributed by atoms with E-state index in [2.05, 4.69) is 21.7 Å². The van der Waals surface area contributed by atoms with Gasteiger partial charge < -0.3 is 10.6 Å². The number of aromatic nitrogens is 1. The minimum Gasteiger partial charge on any atom is -0.382 e. The first-order valence-corrected chi connectivity index (χ1v) is 7.14. The summed E-state index contributed by atoms with van der Waals surface area (Å²) in [4.78, 5) is 4.23. The predicted octanol–water partition coefficient (Wildman–Crippen LogP) is 3.65. The van der Waals surface area contributed by atoms with E-state index in [9.17, 15) is 5.26 Å². The molecule has 1 heterocycles. The van der Waals surface area contributed by atoms with Gasteiger partial charge in [0, 0.05) is 29.2 Å². The lowest BCUT2D eigenvalue weighted by Crippen LogP contribution is -2.26. The van der Waals surface area contributed by atoms with E-state index in [1.54, 1.807) is 6.20 Å². The summed E-state index contributed by atoms with van der Waals surface area (Å²) in [6.45, 7) is 0.518. The molecule has 1 unspecified atom stereocenters. The van der Waals surface area contributed by atoms with Gasteiger partial charge in [0.25, 0.3) is 0 Å². The maximum Gasteiger partial charge on any atom is 0.132 e. The van der Waals surface area contributed by atoms with Gasteiger partial charge in [-0.15, -0.1) is 0 Å². The molecule has 0 radical (unpaired) electrons. The maximum absolute atomic E-state index is 9.36. The van der Waals surface area contributed by atoms with Crippen molar-refractivity contribution in [2.24, 2.45) is 0 Å². The van der Waals surface area contributed by atoms with Crippen LogP contribution < -0.4 is 10.6 Å². The Kier molecular flexibility index (Phi) is 4.17. The summed E-state index contributed by atoms with van der Waals surface area (Å²) in [5.41, 5.74) is 1.88. The van der Waals surface area contributed by atoms with Crippen LogP contribution in [0.2, 0.25) is 0 Å². The Balaban J connectivity index is 1.73. The topological polar surface area (TPSA) is 60.7 Å². The molecule has 0 aliphatic rings. The van der Waals surface area contributed by atoms with Crippen LogP contribution in [0.5, 0.6) is 0 Å². The molecule has 0 saturated carbocycles. The number of anilines is 2. The Bertz CT molecular complexity index is 788. The molecule has 0 saturated heterocycles. The first-order valence-electron chi connectivity index (χ1n) is 7.14. The Morgan fingerprint density at radius 3 is 2.59 bits per heavy atom. The molecule has 0 bridgehead atoms. The second-order valence-corrected chi connectivity index (χ2v) is 4.98. The molecule has 4 heteroatoms. The molecule has 22 heavy (non-hydrogen) atoms. The zero-order valence-corrected chi connectivity index (χ0v) is 12.0. The minimum absolute atomic E-state index is 0.340. The highest BCUT2D eigenvalue weighted by Crippen LogP contribution is 2.22. The number of pyridine rings is 1. The van der Waals surface area contributed by atoms with Gasteiger partial charge in [0.05, 0.1) is 18.0 Å². The Labute approximate surface area is 129 Å². The lowest BCUT2D eigenvalue weighted by atomic mass is 10.1. The highest BCUT2D eigenvalue weighted by Gasteiger charge is 2.09. The van der Waals surface area contributed by atoms with Gasteiger partial charge in [0.2, 0.25) is 0 Å². The van der Waals surface area contributed by atoms with Crippen LogP contribution in [0.1, 0.15) is 0 Å². The molecular weight excluding hydrogens is 272 g/mol. The fourth-order valence-corrected chi connectivity index (χ4v) is 2.32. The Morgan fingerprint density at radius 1 is 1.00 bits per heavy atom. The number of hydrogen-bond donors (Lipinski definition) is 2. The van der Waals surface area contributed by atoms with Gasteiger partial charge in [0.15, 0.2) is 0 Å². The molecule has 0 amide bonds. The van der Waals surface area contributed by atoms with Crippen molar-refractivity contribution in [3.05, 3.63) is 67.0 Å². The monoisotopic (exact) mass is 288 g/mol. The lowest BCUT2D eigenvalue weighted by molar-refractivity contribution is 0.928. The largest absolute Gasteiger partial charge is 0.382 e. The number of nitrogens with zero attached hydrogens (tertiary/aromatic N) is 2. The highest BCUT2D eigenvalue weighted by molar-refractivity contribution is 5.92. The van der Waals surface area contributed by atoms with Crippen molar-refractivity contribution in [1.82, 2.24) is 4.98 Å².